The van der Waals surface area contributed by atoms with E-state index < -0.39 is 5.97 Å². The molecule has 0 aliphatic carbocycles. The van der Waals surface area contributed by atoms with Crippen molar-refractivity contribution < 1.29 is 9.90 Å². The summed E-state index contributed by atoms with van der Waals surface area (Å²) in [5.74, 6) is -0.837. The Hall–Kier alpha value is -0.910. The highest BCUT2D eigenvalue weighted by Crippen LogP contribution is 2.31. The zero-order valence-electron chi connectivity index (χ0n) is 9.27. The molecule has 16 heavy (non-hydrogen) atoms. The Morgan fingerprint density at radius 3 is 3.19 bits per heavy atom. The number of likely N-dealkylation sites (N-methyl/N-ethyl adjacent to an activating group) is 1. The Morgan fingerprint density at radius 1 is 1.75 bits per heavy atom. The van der Waals surface area contributed by atoms with Gasteiger partial charge in [-0.25, -0.2) is 0 Å². The van der Waals surface area contributed by atoms with Crippen LogP contribution in [-0.4, -0.2) is 29.6 Å². The lowest BCUT2D eigenvalue weighted by atomic mass is 10.1. The Balaban J connectivity index is 2.15. The van der Waals surface area contributed by atoms with Crippen molar-refractivity contribution in [1.82, 2.24) is 4.90 Å². The van der Waals surface area contributed by atoms with Crippen LogP contribution in [-0.2, 0) is 17.8 Å². The van der Waals surface area contributed by atoms with Crippen LogP contribution >= 0.6 is 11.3 Å². The summed E-state index contributed by atoms with van der Waals surface area (Å²) in [4.78, 5) is 15.2. The molecule has 0 fully saturated rings. The van der Waals surface area contributed by atoms with Gasteiger partial charge < -0.3 is 15.7 Å². The number of hydrogen-bond donors (Lipinski definition) is 2. The summed E-state index contributed by atoms with van der Waals surface area (Å²) < 4.78 is 0. The minimum absolute atomic E-state index is 0.00916. The van der Waals surface area contributed by atoms with Crippen molar-refractivity contribution in [2.24, 2.45) is 5.73 Å². The number of fused-ring (bicyclic) bond motifs is 1. The Kier molecular flexibility index (Phi) is 3.28. The highest BCUT2D eigenvalue weighted by atomic mass is 32.1. The third kappa shape index (κ3) is 2.42. The highest BCUT2D eigenvalue weighted by molar-refractivity contribution is 7.12. The Bertz CT molecular complexity index is 403. The van der Waals surface area contributed by atoms with Gasteiger partial charge in [0.05, 0.1) is 6.42 Å². The number of carbonyl (C=O) groups is 1. The first kappa shape index (κ1) is 11.6. The molecule has 1 aliphatic rings. The molecule has 3 N–H and O–H groups in total. The summed E-state index contributed by atoms with van der Waals surface area (Å²) >= 11 is 1.67. The van der Waals surface area contributed by atoms with Crippen molar-refractivity contribution in [3.05, 3.63) is 21.4 Å². The minimum atomic E-state index is -0.837. The molecule has 0 saturated heterocycles. The zero-order chi connectivity index (χ0) is 11.7. The van der Waals surface area contributed by atoms with Gasteiger partial charge in [-0.05, 0) is 25.1 Å². The summed E-state index contributed by atoms with van der Waals surface area (Å²) in [6.07, 6.45) is 1.06. The van der Waals surface area contributed by atoms with Gasteiger partial charge in [-0.1, -0.05) is 0 Å². The Morgan fingerprint density at radius 2 is 2.50 bits per heavy atom. The van der Waals surface area contributed by atoms with E-state index in [2.05, 4.69) is 18.0 Å². The molecular weight excluding hydrogens is 224 g/mol. The lowest BCUT2D eigenvalue weighted by Gasteiger charge is -2.21. The molecule has 4 nitrogen and oxygen atoms in total. The molecule has 1 aromatic rings. The van der Waals surface area contributed by atoms with E-state index in [-0.39, 0.29) is 12.5 Å². The maximum Gasteiger partial charge on any atom is 0.305 e. The van der Waals surface area contributed by atoms with Gasteiger partial charge in [0.2, 0.25) is 0 Å². The fraction of sp³-hybridized carbons (Fsp3) is 0.545. The van der Waals surface area contributed by atoms with E-state index in [4.69, 9.17) is 10.8 Å². The van der Waals surface area contributed by atoms with Gasteiger partial charge in [0.25, 0.3) is 0 Å². The lowest BCUT2D eigenvalue weighted by Crippen LogP contribution is -2.25. The molecule has 0 bridgehead atoms. The van der Waals surface area contributed by atoms with Crippen molar-refractivity contribution in [2.75, 3.05) is 13.6 Å². The maximum atomic E-state index is 10.6. The van der Waals surface area contributed by atoms with Gasteiger partial charge in [0.1, 0.15) is 0 Å². The highest BCUT2D eigenvalue weighted by Gasteiger charge is 2.20. The number of carboxylic acids is 1. The first-order chi connectivity index (χ1) is 7.56. The fourth-order valence-electron chi connectivity index (χ4n) is 1.97. The molecule has 2 rings (SSSR count). The van der Waals surface area contributed by atoms with Gasteiger partial charge in [-0.3, -0.25) is 4.79 Å². The SMILES string of the molecule is CN1CCc2sc(C(N)CC(=O)O)cc2C1. The normalized spacial score (nSPS) is 18.1. The smallest absolute Gasteiger partial charge is 0.305 e. The number of hydrogen-bond acceptors (Lipinski definition) is 4. The average Bonchev–Trinajstić information content (AvgIpc) is 2.59. The van der Waals surface area contributed by atoms with E-state index in [1.807, 2.05) is 0 Å². The molecule has 1 aliphatic heterocycles. The van der Waals surface area contributed by atoms with Crippen LogP contribution in [0.15, 0.2) is 6.07 Å². The summed E-state index contributed by atoms with van der Waals surface area (Å²) in [5.41, 5.74) is 7.17. The second-order valence-electron chi connectivity index (χ2n) is 4.29. The third-order valence-corrected chi connectivity index (χ3v) is 4.21. The van der Waals surface area contributed by atoms with Crippen molar-refractivity contribution in [1.29, 1.82) is 0 Å². The topological polar surface area (TPSA) is 66.6 Å². The Labute approximate surface area is 98.7 Å². The van der Waals surface area contributed by atoms with E-state index >= 15 is 0 Å². The van der Waals surface area contributed by atoms with Crippen LogP contribution in [0.2, 0.25) is 0 Å². The van der Waals surface area contributed by atoms with E-state index in [1.165, 1.54) is 10.4 Å². The van der Waals surface area contributed by atoms with Crippen molar-refractivity contribution >= 4 is 17.3 Å². The maximum absolute atomic E-state index is 10.6. The molecule has 1 unspecified atom stereocenters. The van der Waals surface area contributed by atoms with Crippen LogP contribution in [0.3, 0.4) is 0 Å². The second kappa shape index (κ2) is 4.53. The molecule has 88 valence electrons. The quantitative estimate of drug-likeness (QED) is 0.833. The predicted molar refractivity (Wildman–Crippen MR) is 63.5 cm³/mol. The number of nitrogens with zero attached hydrogens (tertiary/aromatic N) is 1. The fourth-order valence-corrected chi connectivity index (χ4v) is 3.14. The van der Waals surface area contributed by atoms with E-state index in [9.17, 15) is 4.79 Å². The number of carboxylic acid groups (broad SMARTS) is 1. The molecule has 0 spiro atoms. The van der Waals surface area contributed by atoms with Gasteiger partial charge in [0.15, 0.2) is 0 Å². The van der Waals surface area contributed by atoms with Gasteiger partial charge in [-0.15, -0.1) is 11.3 Å². The molecule has 1 aromatic heterocycles. The van der Waals surface area contributed by atoms with Crippen LogP contribution in [0, 0.1) is 0 Å². The first-order valence-corrected chi connectivity index (χ1v) is 6.15. The number of nitrogens with two attached hydrogens (primary N) is 1. The van der Waals surface area contributed by atoms with Crippen LogP contribution in [0.4, 0.5) is 0 Å². The molecule has 0 saturated carbocycles. The van der Waals surface area contributed by atoms with Crippen molar-refractivity contribution in [3.63, 3.8) is 0 Å². The van der Waals surface area contributed by atoms with Gasteiger partial charge in [-0.2, -0.15) is 0 Å². The number of rotatable bonds is 3. The van der Waals surface area contributed by atoms with Crippen molar-refractivity contribution in [2.45, 2.75) is 25.4 Å². The number of thiophene rings is 1. The molecule has 0 aromatic carbocycles. The van der Waals surface area contributed by atoms with Crippen LogP contribution < -0.4 is 5.73 Å². The van der Waals surface area contributed by atoms with Gasteiger partial charge in [0, 0.05) is 28.9 Å². The van der Waals surface area contributed by atoms with Crippen LogP contribution in [0.1, 0.15) is 27.8 Å². The minimum Gasteiger partial charge on any atom is -0.481 e. The van der Waals surface area contributed by atoms with E-state index in [0.717, 1.165) is 24.4 Å². The van der Waals surface area contributed by atoms with Gasteiger partial charge >= 0.3 is 5.97 Å². The van der Waals surface area contributed by atoms with Crippen molar-refractivity contribution in [3.8, 4) is 0 Å². The summed E-state index contributed by atoms with van der Waals surface area (Å²) in [6, 6.07) is 1.71. The monoisotopic (exact) mass is 240 g/mol. The zero-order valence-corrected chi connectivity index (χ0v) is 10.1. The standard InChI is InChI=1S/C11H16N2O2S/c1-13-3-2-9-7(6-13)4-10(16-9)8(12)5-11(14)15/h4,8H,2-3,5-6,12H2,1H3,(H,14,15). The molecule has 0 amide bonds. The van der Waals surface area contributed by atoms with Crippen LogP contribution in [0.5, 0.6) is 0 Å². The van der Waals surface area contributed by atoms with E-state index in [0.29, 0.717) is 0 Å². The third-order valence-electron chi connectivity index (χ3n) is 2.84. The summed E-state index contributed by atoms with van der Waals surface area (Å²) in [6.45, 7) is 2.02. The largest absolute Gasteiger partial charge is 0.481 e. The summed E-state index contributed by atoms with van der Waals surface area (Å²) in [7, 11) is 2.09. The summed E-state index contributed by atoms with van der Waals surface area (Å²) in [5, 5.41) is 8.71. The molecular formula is C11H16N2O2S. The average molecular weight is 240 g/mol. The lowest BCUT2D eigenvalue weighted by molar-refractivity contribution is -0.137. The molecule has 1 atom stereocenters. The van der Waals surface area contributed by atoms with Crippen LogP contribution in [0.25, 0.3) is 0 Å². The first-order valence-electron chi connectivity index (χ1n) is 5.33. The molecule has 5 heteroatoms. The molecule has 2 heterocycles. The molecule has 0 radical (unpaired) electrons. The predicted octanol–water partition coefficient (Wildman–Crippen LogP) is 1.21. The van der Waals surface area contributed by atoms with E-state index in [1.54, 1.807) is 11.3 Å². The number of aliphatic carboxylic acids is 1. The second-order valence-corrected chi connectivity index (χ2v) is 5.46.